The fourth-order valence-electron chi connectivity index (χ4n) is 2.86. The Morgan fingerprint density at radius 3 is 2.48 bits per heavy atom. The summed E-state index contributed by atoms with van der Waals surface area (Å²) in [6.07, 6.45) is 0. The SMILES string of the molecule is Cc1cc2nc3c(=O)[nH]c(=O)nc-3n(CCOCCOCC[NH3+])c2cc1C. The van der Waals surface area contributed by atoms with E-state index in [1.807, 2.05) is 30.5 Å². The number of hydrogen-bond donors (Lipinski definition) is 2. The molecule has 0 spiro atoms. The van der Waals surface area contributed by atoms with Gasteiger partial charge in [-0.3, -0.25) is 9.78 Å². The molecule has 2 aliphatic heterocycles. The largest absolute Gasteiger partial charge is 0.377 e. The number of ether oxygens (including phenoxy) is 2. The zero-order chi connectivity index (χ0) is 19.4. The van der Waals surface area contributed by atoms with Gasteiger partial charge in [0.05, 0.1) is 44.0 Å². The van der Waals surface area contributed by atoms with Crippen LogP contribution in [0.25, 0.3) is 22.6 Å². The van der Waals surface area contributed by atoms with Gasteiger partial charge in [-0.2, -0.15) is 4.98 Å². The Hall–Kier alpha value is -2.62. The van der Waals surface area contributed by atoms with E-state index in [1.165, 1.54) is 0 Å². The summed E-state index contributed by atoms with van der Waals surface area (Å²) in [5, 5.41) is 0. The highest BCUT2D eigenvalue weighted by molar-refractivity contribution is 5.81. The number of H-pyrrole nitrogens is 1. The highest BCUT2D eigenvalue weighted by atomic mass is 16.5. The molecule has 0 saturated carbocycles. The molecule has 1 aromatic carbocycles. The lowest BCUT2D eigenvalue weighted by Crippen LogP contribution is -2.52. The molecular formula is C18H24N5O4+. The first-order chi connectivity index (χ1) is 13.0. The summed E-state index contributed by atoms with van der Waals surface area (Å²) in [6, 6.07) is 3.92. The third kappa shape index (κ3) is 4.21. The van der Waals surface area contributed by atoms with E-state index < -0.39 is 11.2 Å². The number of aromatic amines is 1. The molecule has 0 unspecified atom stereocenters. The maximum Gasteiger partial charge on any atom is 0.349 e. The van der Waals surface area contributed by atoms with Gasteiger partial charge in [-0.05, 0) is 37.1 Å². The van der Waals surface area contributed by atoms with E-state index >= 15 is 0 Å². The van der Waals surface area contributed by atoms with Gasteiger partial charge in [0.25, 0.3) is 5.56 Å². The molecule has 2 heterocycles. The van der Waals surface area contributed by atoms with Crippen molar-refractivity contribution in [3.8, 4) is 11.5 Å². The molecule has 0 amide bonds. The molecular weight excluding hydrogens is 350 g/mol. The molecule has 0 radical (unpaired) electrons. The summed E-state index contributed by atoms with van der Waals surface area (Å²) in [6.45, 7) is 7.11. The van der Waals surface area contributed by atoms with E-state index in [0.717, 1.165) is 23.2 Å². The van der Waals surface area contributed by atoms with Crippen LogP contribution in [-0.2, 0) is 16.0 Å². The second-order valence-corrected chi connectivity index (χ2v) is 6.31. The van der Waals surface area contributed by atoms with E-state index in [2.05, 4.69) is 20.7 Å². The van der Waals surface area contributed by atoms with Crippen LogP contribution in [0.15, 0.2) is 21.7 Å². The van der Waals surface area contributed by atoms with Crippen molar-refractivity contribution in [3.05, 3.63) is 44.1 Å². The van der Waals surface area contributed by atoms with Crippen LogP contribution in [0.4, 0.5) is 0 Å². The minimum atomic E-state index is -0.686. The van der Waals surface area contributed by atoms with Crippen LogP contribution in [-0.4, -0.2) is 52.5 Å². The first-order valence-electron chi connectivity index (χ1n) is 8.88. The summed E-state index contributed by atoms with van der Waals surface area (Å²) in [5.41, 5.74) is 6.27. The van der Waals surface area contributed by atoms with E-state index in [1.54, 1.807) is 0 Å². The van der Waals surface area contributed by atoms with Crippen molar-refractivity contribution in [2.45, 2.75) is 20.4 Å². The van der Waals surface area contributed by atoms with E-state index in [4.69, 9.17) is 9.47 Å². The van der Waals surface area contributed by atoms with Crippen LogP contribution >= 0.6 is 0 Å². The molecule has 0 aliphatic carbocycles. The van der Waals surface area contributed by atoms with Crippen LogP contribution in [0.1, 0.15) is 11.1 Å². The molecule has 9 heteroatoms. The van der Waals surface area contributed by atoms with Crippen molar-refractivity contribution in [3.63, 3.8) is 0 Å². The van der Waals surface area contributed by atoms with Gasteiger partial charge in [-0.1, -0.05) is 0 Å². The Morgan fingerprint density at radius 2 is 1.74 bits per heavy atom. The van der Waals surface area contributed by atoms with Gasteiger partial charge in [0.1, 0.15) is 0 Å². The molecule has 0 aromatic heterocycles. The maximum atomic E-state index is 12.2. The predicted octanol–water partition coefficient (Wildman–Crippen LogP) is -0.523. The van der Waals surface area contributed by atoms with Gasteiger partial charge in [-0.15, -0.1) is 0 Å². The van der Waals surface area contributed by atoms with Crippen molar-refractivity contribution in [1.29, 1.82) is 0 Å². The number of hydrogen-bond acceptors (Lipinski definition) is 6. The summed E-state index contributed by atoms with van der Waals surface area (Å²) >= 11 is 0. The van der Waals surface area contributed by atoms with Gasteiger partial charge in [-0.25, -0.2) is 9.78 Å². The van der Waals surface area contributed by atoms with Gasteiger partial charge in [0, 0.05) is 6.54 Å². The molecule has 0 fully saturated rings. The molecule has 4 N–H and O–H groups in total. The Kier molecular flexibility index (Phi) is 5.94. The number of rotatable bonds is 8. The second-order valence-electron chi connectivity index (χ2n) is 6.31. The number of aromatic nitrogens is 4. The number of nitrogens with zero attached hydrogens (tertiary/aromatic N) is 3. The van der Waals surface area contributed by atoms with Crippen LogP contribution in [0, 0.1) is 13.8 Å². The van der Waals surface area contributed by atoms with Crippen molar-refractivity contribution in [2.24, 2.45) is 0 Å². The summed E-state index contributed by atoms with van der Waals surface area (Å²) in [4.78, 5) is 34.5. The van der Waals surface area contributed by atoms with Crippen molar-refractivity contribution in [1.82, 2.24) is 19.5 Å². The molecule has 3 rings (SSSR count). The van der Waals surface area contributed by atoms with E-state index in [-0.39, 0.29) is 11.5 Å². The highest BCUT2D eigenvalue weighted by Gasteiger charge is 2.19. The molecule has 144 valence electrons. The predicted molar refractivity (Wildman–Crippen MR) is 99.9 cm³/mol. The second kappa shape index (κ2) is 8.38. The summed E-state index contributed by atoms with van der Waals surface area (Å²) in [7, 11) is 0. The average Bonchev–Trinajstić information content (AvgIpc) is 2.62. The Morgan fingerprint density at radius 1 is 1.04 bits per heavy atom. The number of benzene rings is 1. The Balaban J connectivity index is 1.96. The average molecular weight is 374 g/mol. The lowest BCUT2D eigenvalue weighted by molar-refractivity contribution is -0.374. The standard InChI is InChI=1S/C18H23N5O4/c1-11-9-13-14(10-12(11)2)23(4-6-27-8-7-26-5-3-19)16-15(20-13)17(24)22-18(25)21-16/h9-10H,3-8,19H2,1-2H3,(H,22,24,25)/p+1. The fraction of sp³-hybridized carbons (Fsp3) is 0.444. The Bertz CT molecular complexity index is 1030. The van der Waals surface area contributed by atoms with Crippen LogP contribution < -0.4 is 17.0 Å². The van der Waals surface area contributed by atoms with Gasteiger partial charge in [0.15, 0.2) is 11.5 Å². The number of quaternary nitrogens is 1. The zero-order valence-corrected chi connectivity index (χ0v) is 15.6. The van der Waals surface area contributed by atoms with Crippen LogP contribution in [0.2, 0.25) is 0 Å². The quantitative estimate of drug-likeness (QED) is 0.403. The van der Waals surface area contributed by atoms with Crippen molar-refractivity contribution in [2.75, 3.05) is 33.0 Å². The van der Waals surface area contributed by atoms with Crippen molar-refractivity contribution < 1.29 is 15.2 Å². The number of nitrogens with one attached hydrogen (secondary N) is 1. The third-order valence-electron chi connectivity index (χ3n) is 4.34. The van der Waals surface area contributed by atoms with E-state index in [9.17, 15) is 9.59 Å². The molecule has 0 bridgehead atoms. The number of fused-ring (bicyclic) bond motifs is 2. The molecule has 9 nitrogen and oxygen atoms in total. The van der Waals surface area contributed by atoms with E-state index in [0.29, 0.717) is 38.5 Å². The summed E-state index contributed by atoms with van der Waals surface area (Å²) < 4.78 is 12.8. The van der Waals surface area contributed by atoms with Crippen LogP contribution in [0.5, 0.6) is 0 Å². The molecule has 1 aromatic rings. The third-order valence-corrected chi connectivity index (χ3v) is 4.34. The normalized spacial score (nSPS) is 11.5. The topological polar surface area (TPSA) is 127 Å². The lowest BCUT2D eigenvalue weighted by Gasteiger charge is -2.17. The molecule has 2 aliphatic rings. The number of aryl methyl sites for hydroxylation is 2. The maximum absolute atomic E-state index is 12.2. The zero-order valence-electron chi connectivity index (χ0n) is 15.6. The highest BCUT2D eigenvalue weighted by Crippen LogP contribution is 2.23. The minimum Gasteiger partial charge on any atom is -0.377 e. The molecule has 0 atom stereocenters. The first-order valence-corrected chi connectivity index (χ1v) is 8.88. The molecule has 0 saturated heterocycles. The van der Waals surface area contributed by atoms with Crippen LogP contribution in [0.3, 0.4) is 0 Å². The van der Waals surface area contributed by atoms with Gasteiger partial charge in [0.2, 0.25) is 0 Å². The molecule has 27 heavy (non-hydrogen) atoms. The smallest absolute Gasteiger partial charge is 0.349 e. The van der Waals surface area contributed by atoms with Crippen molar-refractivity contribution >= 4 is 11.0 Å². The monoisotopic (exact) mass is 374 g/mol. The summed E-state index contributed by atoms with van der Waals surface area (Å²) in [5.74, 6) is 0.261. The lowest BCUT2D eigenvalue weighted by atomic mass is 10.1. The Labute approximate surface area is 155 Å². The first kappa shape index (κ1) is 19.2. The van der Waals surface area contributed by atoms with Gasteiger partial charge >= 0.3 is 5.69 Å². The fourth-order valence-corrected chi connectivity index (χ4v) is 2.86. The minimum absolute atomic E-state index is 0.143. The van der Waals surface area contributed by atoms with Gasteiger partial charge < -0.3 is 19.8 Å².